The van der Waals surface area contributed by atoms with E-state index in [2.05, 4.69) is 5.32 Å². The van der Waals surface area contributed by atoms with Gasteiger partial charge in [-0.2, -0.15) is 0 Å². The first-order chi connectivity index (χ1) is 15.1. The van der Waals surface area contributed by atoms with Crippen LogP contribution in [0.15, 0.2) is 24.3 Å². The molecule has 32 heavy (non-hydrogen) atoms. The number of hydrogen-bond donors (Lipinski definition) is 1. The second-order valence-electron chi connectivity index (χ2n) is 9.41. The summed E-state index contributed by atoms with van der Waals surface area (Å²) in [4.78, 5) is 42.2. The average Bonchev–Trinajstić information content (AvgIpc) is 3.21. The van der Waals surface area contributed by atoms with Gasteiger partial charge in [-0.25, -0.2) is 13.2 Å². The van der Waals surface area contributed by atoms with Gasteiger partial charge in [-0.15, -0.1) is 0 Å². The van der Waals surface area contributed by atoms with Gasteiger partial charge in [-0.05, 0) is 44.2 Å². The zero-order valence-corrected chi connectivity index (χ0v) is 19.5. The van der Waals surface area contributed by atoms with E-state index < -0.39 is 27.3 Å². The van der Waals surface area contributed by atoms with Gasteiger partial charge in [0.25, 0.3) is 5.91 Å². The summed E-state index contributed by atoms with van der Waals surface area (Å²) < 4.78 is 24.2. The number of carbonyl (C=O) groups is 3. The second-order valence-corrected chi connectivity index (χ2v) is 11.6. The third kappa shape index (κ3) is 4.14. The van der Waals surface area contributed by atoms with E-state index in [0.29, 0.717) is 12.0 Å². The Bertz CT molecular complexity index is 1030. The zero-order valence-electron chi connectivity index (χ0n) is 18.7. The smallest absolute Gasteiger partial charge is 0.325 e. The highest BCUT2D eigenvalue weighted by molar-refractivity contribution is 7.91. The number of hydrogen-bond acceptors (Lipinski definition) is 5. The van der Waals surface area contributed by atoms with Crippen molar-refractivity contribution < 1.29 is 22.8 Å². The van der Waals surface area contributed by atoms with E-state index >= 15 is 0 Å². The second kappa shape index (κ2) is 8.50. The van der Waals surface area contributed by atoms with Crippen molar-refractivity contribution in [2.24, 2.45) is 0 Å². The number of aryl methyl sites for hydroxylation is 1. The van der Waals surface area contributed by atoms with E-state index in [1.54, 1.807) is 17.9 Å². The number of sulfone groups is 1. The summed E-state index contributed by atoms with van der Waals surface area (Å²) in [5, 5.41) is 2.76. The molecule has 1 saturated carbocycles. The third-order valence-electron chi connectivity index (χ3n) is 7.11. The molecular formula is C23H31N3O5S. The molecule has 4 amide bonds. The first kappa shape index (κ1) is 22.8. The van der Waals surface area contributed by atoms with Gasteiger partial charge in [0, 0.05) is 12.1 Å². The van der Waals surface area contributed by atoms with Crippen LogP contribution in [0.2, 0.25) is 0 Å². The minimum absolute atomic E-state index is 0.0435. The number of rotatable bonds is 5. The topological polar surface area (TPSA) is 104 Å². The van der Waals surface area contributed by atoms with Gasteiger partial charge < -0.3 is 10.2 Å². The zero-order chi connectivity index (χ0) is 23.1. The standard InChI is InChI=1S/C23H31N3O5S/c1-16-8-6-7-11-19(16)23(2)21(28)25(22(29)24-23)14-20(27)26(17-9-4-3-5-10-17)18-12-13-32(30,31)15-18/h6-8,11,17-18H,3-5,9-10,12-15H2,1-2H3,(H,24,29). The van der Waals surface area contributed by atoms with E-state index in [-0.39, 0.29) is 36.0 Å². The summed E-state index contributed by atoms with van der Waals surface area (Å²) in [5.74, 6) is -0.789. The Kier molecular flexibility index (Phi) is 6.04. The molecule has 2 unspecified atom stereocenters. The van der Waals surface area contributed by atoms with Gasteiger partial charge in [-0.3, -0.25) is 14.5 Å². The normalized spacial score (nSPS) is 28.1. The summed E-state index contributed by atoms with van der Waals surface area (Å²) in [5.41, 5.74) is 0.325. The van der Waals surface area contributed by atoms with Crippen molar-refractivity contribution in [3.8, 4) is 0 Å². The van der Waals surface area contributed by atoms with Crippen molar-refractivity contribution in [1.82, 2.24) is 15.1 Å². The molecule has 1 aliphatic carbocycles. The van der Waals surface area contributed by atoms with Crippen LogP contribution in [0.1, 0.15) is 56.6 Å². The number of urea groups is 1. The first-order valence-corrected chi connectivity index (χ1v) is 13.2. The summed E-state index contributed by atoms with van der Waals surface area (Å²) in [6, 6.07) is 6.32. The maximum absolute atomic E-state index is 13.5. The molecule has 0 spiro atoms. The molecular weight excluding hydrogens is 430 g/mol. The minimum atomic E-state index is -3.17. The fraction of sp³-hybridized carbons (Fsp3) is 0.609. The number of nitrogens with one attached hydrogen (secondary N) is 1. The molecule has 0 bridgehead atoms. The van der Waals surface area contributed by atoms with E-state index in [1.165, 1.54) is 0 Å². The van der Waals surface area contributed by atoms with Crippen LogP contribution in [0.25, 0.3) is 0 Å². The Morgan fingerprint density at radius 3 is 2.44 bits per heavy atom. The third-order valence-corrected chi connectivity index (χ3v) is 8.86. The molecule has 8 nitrogen and oxygen atoms in total. The van der Waals surface area contributed by atoms with Crippen molar-refractivity contribution in [3.05, 3.63) is 35.4 Å². The number of imide groups is 1. The number of nitrogens with zero attached hydrogens (tertiary/aromatic N) is 2. The van der Waals surface area contributed by atoms with Crippen molar-refractivity contribution >= 4 is 27.7 Å². The predicted molar refractivity (Wildman–Crippen MR) is 120 cm³/mol. The molecule has 1 aromatic rings. The molecule has 2 saturated heterocycles. The Balaban J connectivity index is 1.57. The molecule has 1 N–H and O–H groups in total. The van der Waals surface area contributed by atoms with Crippen molar-refractivity contribution in [1.29, 1.82) is 0 Å². The van der Waals surface area contributed by atoms with Crippen LogP contribution in [-0.2, 0) is 25.0 Å². The molecule has 3 fully saturated rings. The summed E-state index contributed by atoms with van der Waals surface area (Å²) in [7, 11) is -3.17. The summed E-state index contributed by atoms with van der Waals surface area (Å²) in [6.07, 6.45) is 5.13. The maximum Gasteiger partial charge on any atom is 0.325 e. The lowest BCUT2D eigenvalue weighted by Crippen LogP contribution is -2.53. The highest BCUT2D eigenvalue weighted by Gasteiger charge is 2.51. The van der Waals surface area contributed by atoms with Crippen LogP contribution >= 0.6 is 0 Å². The molecule has 3 aliphatic rings. The quantitative estimate of drug-likeness (QED) is 0.677. The van der Waals surface area contributed by atoms with Gasteiger partial charge in [0.1, 0.15) is 12.1 Å². The molecule has 2 atom stereocenters. The molecule has 2 aliphatic heterocycles. The first-order valence-electron chi connectivity index (χ1n) is 11.3. The van der Waals surface area contributed by atoms with E-state index in [9.17, 15) is 22.8 Å². The predicted octanol–water partition coefficient (Wildman–Crippen LogP) is 2.11. The SMILES string of the molecule is Cc1ccccc1C1(C)NC(=O)N(CC(=O)N(C2CCCCC2)C2CCS(=O)(=O)C2)C1=O. The molecule has 0 aromatic heterocycles. The van der Waals surface area contributed by atoms with Crippen LogP contribution < -0.4 is 5.32 Å². The lowest BCUT2D eigenvalue weighted by molar-refractivity contribution is -0.142. The Morgan fingerprint density at radius 1 is 1.12 bits per heavy atom. The van der Waals surface area contributed by atoms with Crippen LogP contribution in [0, 0.1) is 6.92 Å². The highest BCUT2D eigenvalue weighted by atomic mass is 32.2. The molecule has 9 heteroatoms. The number of carbonyl (C=O) groups excluding carboxylic acids is 3. The molecule has 174 valence electrons. The molecule has 4 rings (SSSR count). The molecule has 2 heterocycles. The van der Waals surface area contributed by atoms with Crippen molar-refractivity contribution in [2.75, 3.05) is 18.1 Å². The van der Waals surface area contributed by atoms with E-state index in [1.807, 2.05) is 25.1 Å². The van der Waals surface area contributed by atoms with Crippen LogP contribution in [0.5, 0.6) is 0 Å². The minimum Gasteiger partial charge on any atom is -0.334 e. The van der Waals surface area contributed by atoms with Crippen LogP contribution in [0.3, 0.4) is 0 Å². The van der Waals surface area contributed by atoms with Gasteiger partial charge in [0.2, 0.25) is 5.91 Å². The lowest BCUT2D eigenvalue weighted by atomic mass is 9.88. The summed E-state index contributed by atoms with van der Waals surface area (Å²) >= 11 is 0. The highest BCUT2D eigenvalue weighted by Crippen LogP contribution is 2.32. The Hall–Kier alpha value is -2.42. The average molecular weight is 462 g/mol. The van der Waals surface area contributed by atoms with Gasteiger partial charge in [0.05, 0.1) is 11.5 Å². The van der Waals surface area contributed by atoms with Gasteiger partial charge in [-0.1, -0.05) is 43.5 Å². The van der Waals surface area contributed by atoms with Crippen LogP contribution in [0.4, 0.5) is 4.79 Å². The fourth-order valence-corrected chi connectivity index (χ4v) is 7.14. The monoisotopic (exact) mass is 461 g/mol. The largest absolute Gasteiger partial charge is 0.334 e. The van der Waals surface area contributed by atoms with E-state index in [4.69, 9.17) is 0 Å². The molecule has 1 aromatic carbocycles. The number of amides is 4. The lowest BCUT2D eigenvalue weighted by Gasteiger charge is -2.39. The Morgan fingerprint density at radius 2 is 1.81 bits per heavy atom. The van der Waals surface area contributed by atoms with Gasteiger partial charge in [0.15, 0.2) is 9.84 Å². The van der Waals surface area contributed by atoms with Crippen molar-refractivity contribution in [3.63, 3.8) is 0 Å². The summed E-state index contributed by atoms with van der Waals surface area (Å²) in [6.45, 7) is 3.15. The van der Waals surface area contributed by atoms with E-state index in [0.717, 1.165) is 42.6 Å². The van der Waals surface area contributed by atoms with Gasteiger partial charge >= 0.3 is 6.03 Å². The fourth-order valence-electron chi connectivity index (χ4n) is 5.43. The van der Waals surface area contributed by atoms with Crippen LogP contribution in [-0.4, -0.2) is 66.2 Å². The number of benzene rings is 1. The molecule has 0 radical (unpaired) electrons. The maximum atomic E-state index is 13.5. The van der Waals surface area contributed by atoms with Crippen molar-refractivity contribution in [2.45, 2.75) is 70.0 Å². The Labute approximate surface area is 189 Å².